The van der Waals surface area contributed by atoms with E-state index in [1.807, 2.05) is 37.3 Å². The van der Waals surface area contributed by atoms with Crippen molar-refractivity contribution in [3.05, 3.63) is 47.6 Å². The zero-order valence-corrected chi connectivity index (χ0v) is 12.4. The summed E-state index contributed by atoms with van der Waals surface area (Å²) in [6, 6.07) is 9.44. The first-order valence-corrected chi connectivity index (χ1v) is 6.92. The fourth-order valence-electron chi connectivity index (χ4n) is 1.69. The number of ether oxygens (including phenoxy) is 1. The van der Waals surface area contributed by atoms with Crippen molar-refractivity contribution in [2.75, 3.05) is 13.7 Å². The fourth-order valence-corrected chi connectivity index (χ4v) is 1.69. The fraction of sp³-hybridized carbons (Fsp3) is 0.294. The second-order valence-corrected chi connectivity index (χ2v) is 4.40. The molecule has 4 heteroatoms. The molecule has 4 nitrogen and oxygen atoms in total. The number of rotatable bonds is 7. The van der Waals surface area contributed by atoms with E-state index in [9.17, 15) is 4.79 Å². The zero-order chi connectivity index (χ0) is 15.5. The zero-order valence-electron chi connectivity index (χ0n) is 12.4. The number of methoxy groups -OCH3 is 1. The Labute approximate surface area is 125 Å². The van der Waals surface area contributed by atoms with Gasteiger partial charge in [-0.15, -0.1) is 0 Å². The molecule has 1 N–H and O–H groups in total. The molecule has 1 aromatic carbocycles. The Bertz CT molecular complexity index is 568. The van der Waals surface area contributed by atoms with Gasteiger partial charge in [0.25, 0.3) is 5.91 Å². The second-order valence-electron chi connectivity index (χ2n) is 4.40. The summed E-state index contributed by atoms with van der Waals surface area (Å²) in [6.07, 6.45) is 6.89. The number of carbonyl (C=O) groups is 1. The molecular weight excluding hydrogens is 264 g/mol. The number of unbranched alkanes of at least 4 members (excludes halogenated alkanes) is 1. The molecule has 0 radical (unpaired) electrons. The maximum absolute atomic E-state index is 11.8. The van der Waals surface area contributed by atoms with Crippen molar-refractivity contribution < 1.29 is 9.53 Å². The SMILES string of the molecule is CCCCNC(=O)/C(C#N)=C\C=C\c1ccccc1OC. The summed E-state index contributed by atoms with van der Waals surface area (Å²) in [5, 5.41) is 11.7. The minimum absolute atomic E-state index is 0.0947. The van der Waals surface area contributed by atoms with Gasteiger partial charge in [0.15, 0.2) is 0 Å². The molecule has 1 rings (SSSR count). The summed E-state index contributed by atoms with van der Waals surface area (Å²) in [4.78, 5) is 11.8. The first kappa shape index (κ1) is 16.5. The number of nitrogens with zero attached hydrogens (tertiary/aromatic N) is 1. The number of allylic oxidation sites excluding steroid dienone is 2. The number of benzene rings is 1. The van der Waals surface area contributed by atoms with Gasteiger partial charge < -0.3 is 10.1 Å². The monoisotopic (exact) mass is 284 g/mol. The van der Waals surface area contributed by atoms with Crippen molar-refractivity contribution in [2.45, 2.75) is 19.8 Å². The summed E-state index contributed by atoms with van der Waals surface area (Å²) in [7, 11) is 1.60. The van der Waals surface area contributed by atoms with Crippen molar-refractivity contribution >= 4 is 12.0 Å². The van der Waals surface area contributed by atoms with E-state index >= 15 is 0 Å². The van der Waals surface area contributed by atoms with Crippen LogP contribution < -0.4 is 10.1 Å². The van der Waals surface area contributed by atoms with Gasteiger partial charge in [-0.2, -0.15) is 5.26 Å². The van der Waals surface area contributed by atoms with Gasteiger partial charge in [-0.1, -0.05) is 43.7 Å². The van der Waals surface area contributed by atoms with Crippen LogP contribution in [0.25, 0.3) is 6.08 Å². The molecule has 0 aliphatic carbocycles. The molecule has 0 aliphatic heterocycles. The summed E-state index contributed by atoms with van der Waals surface area (Å²) in [5.41, 5.74) is 0.984. The topological polar surface area (TPSA) is 62.1 Å². The molecule has 0 heterocycles. The summed E-state index contributed by atoms with van der Waals surface area (Å²) in [5.74, 6) is 0.406. The van der Waals surface area contributed by atoms with E-state index in [0.717, 1.165) is 24.2 Å². The van der Waals surface area contributed by atoms with Crippen LogP contribution in [-0.2, 0) is 4.79 Å². The van der Waals surface area contributed by atoms with E-state index in [2.05, 4.69) is 5.32 Å². The number of carbonyl (C=O) groups excluding carboxylic acids is 1. The van der Waals surface area contributed by atoms with Crippen molar-refractivity contribution in [3.8, 4) is 11.8 Å². The van der Waals surface area contributed by atoms with Crippen LogP contribution in [0, 0.1) is 11.3 Å². The van der Waals surface area contributed by atoms with E-state index in [1.165, 1.54) is 6.08 Å². The van der Waals surface area contributed by atoms with E-state index in [4.69, 9.17) is 10.00 Å². The molecule has 0 bridgehead atoms. The van der Waals surface area contributed by atoms with Crippen LogP contribution in [0.3, 0.4) is 0 Å². The number of amides is 1. The van der Waals surface area contributed by atoms with Gasteiger partial charge in [0.2, 0.25) is 0 Å². The molecule has 0 saturated heterocycles. The Kier molecular flexibility index (Phi) is 7.37. The van der Waals surface area contributed by atoms with Crippen molar-refractivity contribution in [2.24, 2.45) is 0 Å². The molecule has 1 aromatic rings. The average Bonchev–Trinajstić information content (AvgIpc) is 2.52. The van der Waals surface area contributed by atoms with Crippen LogP contribution >= 0.6 is 0 Å². The molecule has 0 atom stereocenters. The lowest BCUT2D eigenvalue weighted by atomic mass is 10.1. The van der Waals surface area contributed by atoms with Crippen LogP contribution in [0.15, 0.2) is 42.0 Å². The average molecular weight is 284 g/mol. The Morgan fingerprint density at radius 3 is 2.86 bits per heavy atom. The molecular formula is C17H20N2O2. The Balaban J connectivity index is 2.74. The van der Waals surface area contributed by atoms with Crippen molar-refractivity contribution in [3.63, 3.8) is 0 Å². The van der Waals surface area contributed by atoms with Gasteiger partial charge >= 0.3 is 0 Å². The van der Waals surface area contributed by atoms with E-state index < -0.39 is 0 Å². The van der Waals surface area contributed by atoms with Crippen LogP contribution in [0.2, 0.25) is 0 Å². The quantitative estimate of drug-likeness (QED) is 0.362. The van der Waals surface area contributed by atoms with Crippen LogP contribution in [0.5, 0.6) is 5.75 Å². The first-order chi connectivity index (χ1) is 10.2. The lowest BCUT2D eigenvalue weighted by molar-refractivity contribution is -0.117. The van der Waals surface area contributed by atoms with Crippen LogP contribution in [0.4, 0.5) is 0 Å². The predicted molar refractivity (Wildman–Crippen MR) is 83.6 cm³/mol. The first-order valence-electron chi connectivity index (χ1n) is 6.92. The molecule has 1 amide bonds. The molecule has 21 heavy (non-hydrogen) atoms. The molecule has 0 spiro atoms. The number of nitriles is 1. The Morgan fingerprint density at radius 1 is 1.43 bits per heavy atom. The Morgan fingerprint density at radius 2 is 2.19 bits per heavy atom. The van der Waals surface area contributed by atoms with Gasteiger partial charge in [-0.05, 0) is 18.6 Å². The third kappa shape index (κ3) is 5.53. The van der Waals surface area contributed by atoms with Crippen LogP contribution in [-0.4, -0.2) is 19.6 Å². The summed E-state index contributed by atoms with van der Waals surface area (Å²) in [6.45, 7) is 2.63. The number of hydrogen-bond acceptors (Lipinski definition) is 3. The minimum Gasteiger partial charge on any atom is -0.496 e. The standard InChI is InChI=1S/C17H20N2O2/c1-3-4-12-19-17(20)15(13-18)10-7-9-14-8-5-6-11-16(14)21-2/h5-11H,3-4,12H2,1-2H3,(H,19,20)/b9-7+,15-10-. The highest BCUT2D eigenvalue weighted by molar-refractivity contribution is 5.97. The molecule has 0 saturated carbocycles. The third-order valence-electron chi connectivity index (χ3n) is 2.86. The maximum Gasteiger partial charge on any atom is 0.261 e. The number of hydrogen-bond donors (Lipinski definition) is 1. The van der Waals surface area contributed by atoms with Crippen LogP contribution in [0.1, 0.15) is 25.3 Å². The lowest BCUT2D eigenvalue weighted by Gasteiger charge is -2.03. The van der Waals surface area contributed by atoms with Gasteiger partial charge in [0.05, 0.1) is 7.11 Å². The molecule has 0 unspecified atom stereocenters. The van der Waals surface area contributed by atoms with Crippen molar-refractivity contribution in [1.82, 2.24) is 5.32 Å². The van der Waals surface area contributed by atoms with Gasteiger partial charge in [-0.3, -0.25) is 4.79 Å². The number of para-hydroxylation sites is 1. The highest BCUT2D eigenvalue weighted by Crippen LogP contribution is 2.18. The highest BCUT2D eigenvalue weighted by Gasteiger charge is 2.06. The molecule has 0 aromatic heterocycles. The molecule has 0 fully saturated rings. The highest BCUT2D eigenvalue weighted by atomic mass is 16.5. The normalized spacial score (nSPS) is 11.2. The third-order valence-corrected chi connectivity index (χ3v) is 2.86. The van der Waals surface area contributed by atoms with E-state index in [0.29, 0.717) is 6.54 Å². The smallest absolute Gasteiger partial charge is 0.261 e. The summed E-state index contributed by atoms with van der Waals surface area (Å²) < 4.78 is 5.23. The second kappa shape index (κ2) is 9.38. The van der Waals surface area contributed by atoms with Crippen molar-refractivity contribution in [1.29, 1.82) is 5.26 Å². The summed E-state index contributed by atoms with van der Waals surface area (Å²) >= 11 is 0. The van der Waals surface area contributed by atoms with E-state index in [1.54, 1.807) is 19.3 Å². The van der Waals surface area contributed by atoms with Gasteiger partial charge in [0.1, 0.15) is 17.4 Å². The Hall–Kier alpha value is -2.54. The van der Waals surface area contributed by atoms with Gasteiger partial charge in [0, 0.05) is 12.1 Å². The molecule has 0 aliphatic rings. The lowest BCUT2D eigenvalue weighted by Crippen LogP contribution is -2.25. The van der Waals surface area contributed by atoms with E-state index in [-0.39, 0.29) is 11.5 Å². The van der Waals surface area contributed by atoms with Gasteiger partial charge in [-0.25, -0.2) is 0 Å². The maximum atomic E-state index is 11.8. The largest absolute Gasteiger partial charge is 0.496 e. The minimum atomic E-state index is -0.337. The number of nitrogens with one attached hydrogen (secondary N) is 1. The molecule has 110 valence electrons. The predicted octanol–water partition coefficient (Wildman–Crippen LogP) is 3.07.